The summed E-state index contributed by atoms with van der Waals surface area (Å²) in [4.78, 5) is 28.5. The highest BCUT2D eigenvalue weighted by Crippen LogP contribution is 2.14. The van der Waals surface area contributed by atoms with Crippen LogP contribution in [-0.2, 0) is 17.8 Å². The molecule has 134 valence electrons. The molecular weight excluding hydrogens is 320 g/mol. The van der Waals surface area contributed by atoms with E-state index >= 15 is 0 Å². The van der Waals surface area contributed by atoms with Crippen molar-refractivity contribution in [2.24, 2.45) is 5.92 Å². The molecule has 1 fully saturated rings. The molecule has 0 radical (unpaired) electrons. The topological polar surface area (TPSA) is 87.1 Å². The number of hydrogen-bond donors (Lipinski definition) is 1. The molecule has 1 aliphatic rings. The molecule has 0 saturated carbocycles. The van der Waals surface area contributed by atoms with Gasteiger partial charge in [-0.15, -0.1) is 0 Å². The van der Waals surface area contributed by atoms with Gasteiger partial charge in [-0.25, -0.2) is 0 Å². The Bertz CT molecular complexity index is 759. The average Bonchev–Trinajstić information content (AvgIpc) is 2.94. The minimum Gasteiger partial charge on any atom is -0.367 e. The fraction of sp³-hybridized carbons (Fsp3) is 0.529. The Labute approximate surface area is 146 Å². The Morgan fingerprint density at radius 1 is 1.24 bits per heavy atom. The molecule has 0 spiro atoms. The van der Waals surface area contributed by atoms with Crippen molar-refractivity contribution in [1.29, 1.82) is 0 Å². The molecule has 3 heterocycles. The predicted molar refractivity (Wildman–Crippen MR) is 94.4 cm³/mol. The Hall–Kier alpha value is -2.64. The maximum absolute atomic E-state index is 12.5. The number of rotatable bonds is 5. The molecule has 1 aliphatic heterocycles. The van der Waals surface area contributed by atoms with Crippen LogP contribution in [0.2, 0.25) is 0 Å². The van der Waals surface area contributed by atoms with Crippen LogP contribution in [0.1, 0.15) is 19.5 Å². The fourth-order valence-electron chi connectivity index (χ4n) is 3.04. The second-order valence-corrected chi connectivity index (χ2v) is 6.77. The van der Waals surface area contributed by atoms with E-state index in [1.54, 1.807) is 17.1 Å². The van der Waals surface area contributed by atoms with Gasteiger partial charge in [0.2, 0.25) is 5.91 Å². The molecule has 0 aromatic carbocycles. The summed E-state index contributed by atoms with van der Waals surface area (Å²) in [5.41, 5.74) is 1.63. The first-order chi connectivity index (χ1) is 12.0. The number of carbonyl (C=O) groups is 1. The van der Waals surface area contributed by atoms with Gasteiger partial charge in [0.1, 0.15) is 0 Å². The first-order valence-corrected chi connectivity index (χ1v) is 8.61. The SMILES string of the molecule is CC(C)Cn1[nH]c(CC(=O)N2CCN(c3ccnnc3)CC2)cc1=O. The van der Waals surface area contributed by atoms with Crippen LogP contribution in [0.15, 0.2) is 29.3 Å². The van der Waals surface area contributed by atoms with Gasteiger partial charge < -0.3 is 9.80 Å². The number of aromatic amines is 1. The number of nitrogens with zero attached hydrogens (tertiary/aromatic N) is 5. The first-order valence-electron chi connectivity index (χ1n) is 8.61. The highest BCUT2D eigenvalue weighted by Gasteiger charge is 2.22. The smallest absolute Gasteiger partial charge is 0.266 e. The van der Waals surface area contributed by atoms with Gasteiger partial charge in [0, 0.05) is 44.5 Å². The number of amides is 1. The molecule has 0 aliphatic carbocycles. The molecule has 25 heavy (non-hydrogen) atoms. The van der Waals surface area contributed by atoms with Crippen LogP contribution in [0.5, 0.6) is 0 Å². The van der Waals surface area contributed by atoms with Crippen LogP contribution in [0.4, 0.5) is 5.69 Å². The molecule has 0 atom stereocenters. The van der Waals surface area contributed by atoms with E-state index < -0.39 is 0 Å². The summed E-state index contributed by atoms with van der Waals surface area (Å²) in [5, 5.41) is 10.7. The van der Waals surface area contributed by atoms with Crippen LogP contribution in [0.25, 0.3) is 0 Å². The number of nitrogens with one attached hydrogen (secondary N) is 1. The second kappa shape index (κ2) is 7.50. The van der Waals surface area contributed by atoms with Crippen LogP contribution < -0.4 is 10.5 Å². The third-order valence-electron chi connectivity index (χ3n) is 4.30. The number of piperazine rings is 1. The van der Waals surface area contributed by atoms with Gasteiger partial charge in [-0.05, 0) is 12.0 Å². The van der Waals surface area contributed by atoms with Gasteiger partial charge >= 0.3 is 0 Å². The van der Waals surface area contributed by atoms with E-state index in [9.17, 15) is 9.59 Å². The molecule has 8 nitrogen and oxygen atoms in total. The number of hydrogen-bond acceptors (Lipinski definition) is 5. The van der Waals surface area contributed by atoms with Crippen LogP contribution in [0.3, 0.4) is 0 Å². The number of carbonyl (C=O) groups excluding carboxylic acids is 1. The molecule has 3 rings (SSSR count). The summed E-state index contributed by atoms with van der Waals surface area (Å²) in [7, 11) is 0. The lowest BCUT2D eigenvalue weighted by atomic mass is 10.2. The van der Waals surface area contributed by atoms with Crippen molar-refractivity contribution in [3.8, 4) is 0 Å². The van der Waals surface area contributed by atoms with Crippen molar-refractivity contribution in [3.05, 3.63) is 40.6 Å². The molecule has 8 heteroatoms. The summed E-state index contributed by atoms with van der Waals surface area (Å²) in [6.07, 6.45) is 3.64. The summed E-state index contributed by atoms with van der Waals surface area (Å²) in [6.45, 7) is 7.60. The van der Waals surface area contributed by atoms with E-state index in [0.717, 1.165) is 18.8 Å². The van der Waals surface area contributed by atoms with Crippen LogP contribution in [-0.4, -0.2) is 57.0 Å². The fourth-order valence-corrected chi connectivity index (χ4v) is 3.04. The Morgan fingerprint density at radius 3 is 2.64 bits per heavy atom. The molecule has 0 bridgehead atoms. The zero-order valence-electron chi connectivity index (χ0n) is 14.7. The highest BCUT2D eigenvalue weighted by atomic mass is 16.2. The van der Waals surface area contributed by atoms with Crippen molar-refractivity contribution >= 4 is 11.6 Å². The lowest BCUT2D eigenvalue weighted by molar-refractivity contribution is -0.130. The molecule has 1 saturated heterocycles. The predicted octanol–water partition coefficient (Wildman–Crippen LogP) is 0.514. The molecule has 2 aromatic heterocycles. The van der Waals surface area contributed by atoms with Gasteiger partial charge in [0.25, 0.3) is 5.56 Å². The van der Waals surface area contributed by atoms with E-state index in [1.165, 1.54) is 6.07 Å². The minimum absolute atomic E-state index is 0.0467. The lowest BCUT2D eigenvalue weighted by Gasteiger charge is -2.35. The van der Waals surface area contributed by atoms with Gasteiger partial charge in [-0.3, -0.25) is 19.4 Å². The maximum Gasteiger partial charge on any atom is 0.266 e. The van der Waals surface area contributed by atoms with Gasteiger partial charge in [0.05, 0.1) is 24.5 Å². The summed E-state index contributed by atoms with van der Waals surface area (Å²) in [5.74, 6) is 0.418. The minimum atomic E-state index is -0.0773. The van der Waals surface area contributed by atoms with Crippen LogP contribution >= 0.6 is 0 Å². The lowest BCUT2D eigenvalue weighted by Crippen LogP contribution is -2.49. The van der Waals surface area contributed by atoms with Gasteiger partial charge in [-0.1, -0.05) is 13.8 Å². The highest BCUT2D eigenvalue weighted by molar-refractivity contribution is 5.78. The summed E-state index contributed by atoms with van der Waals surface area (Å²) >= 11 is 0. The van der Waals surface area contributed by atoms with Crippen LogP contribution in [0, 0.1) is 5.92 Å². The maximum atomic E-state index is 12.5. The number of H-pyrrole nitrogens is 1. The first kappa shape index (κ1) is 17.2. The molecule has 0 unspecified atom stereocenters. The van der Waals surface area contributed by atoms with E-state index in [1.807, 2.05) is 11.0 Å². The van der Waals surface area contributed by atoms with Crippen molar-refractivity contribution in [2.45, 2.75) is 26.8 Å². The largest absolute Gasteiger partial charge is 0.367 e. The zero-order valence-corrected chi connectivity index (χ0v) is 14.7. The van der Waals surface area contributed by atoms with E-state index in [2.05, 4.69) is 34.0 Å². The standard InChI is InChI=1S/C17H24N6O2/c1-13(2)12-23-17(25)10-14(20-23)9-16(24)22-7-5-21(6-8-22)15-3-4-18-19-11-15/h3-4,10-11,13,20H,5-9,12H2,1-2H3. The van der Waals surface area contributed by atoms with Crippen molar-refractivity contribution < 1.29 is 4.79 Å². The zero-order chi connectivity index (χ0) is 17.8. The molecule has 1 N–H and O–H groups in total. The second-order valence-electron chi connectivity index (χ2n) is 6.77. The Morgan fingerprint density at radius 2 is 2.00 bits per heavy atom. The van der Waals surface area contributed by atoms with E-state index in [-0.39, 0.29) is 17.9 Å². The molecule has 1 amide bonds. The number of aromatic nitrogens is 4. The summed E-state index contributed by atoms with van der Waals surface area (Å²) < 4.78 is 1.57. The normalized spacial score (nSPS) is 15.0. The van der Waals surface area contributed by atoms with Crippen molar-refractivity contribution in [1.82, 2.24) is 24.9 Å². The average molecular weight is 344 g/mol. The Balaban J connectivity index is 1.55. The number of anilines is 1. The molecular formula is C17H24N6O2. The van der Waals surface area contributed by atoms with E-state index in [4.69, 9.17) is 0 Å². The summed E-state index contributed by atoms with van der Waals surface area (Å²) in [6, 6.07) is 3.45. The third kappa shape index (κ3) is 4.26. The molecule has 2 aromatic rings. The van der Waals surface area contributed by atoms with Crippen molar-refractivity contribution in [3.63, 3.8) is 0 Å². The van der Waals surface area contributed by atoms with Gasteiger partial charge in [-0.2, -0.15) is 10.2 Å². The van der Waals surface area contributed by atoms with Crippen molar-refractivity contribution in [2.75, 3.05) is 31.1 Å². The Kier molecular flexibility index (Phi) is 5.16. The quantitative estimate of drug-likeness (QED) is 0.854. The van der Waals surface area contributed by atoms with Gasteiger partial charge in [0.15, 0.2) is 0 Å². The van der Waals surface area contributed by atoms with E-state index in [0.29, 0.717) is 31.2 Å². The monoisotopic (exact) mass is 344 g/mol. The third-order valence-corrected chi connectivity index (χ3v) is 4.30.